The molecule has 106 valence electrons. The van der Waals surface area contributed by atoms with Crippen LogP contribution in [-0.2, 0) is 0 Å². The van der Waals surface area contributed by atoms with E-state index < -0.39 is 11.7 Å². The van der Waals surface area contributed by atoms with E-state index in [0.29, 0.717) is 16.8 Å². The van der Waals surface area contributed by atoms with Crippen LogP contribution in [0.25, 0.3) is 0 Å². The van der Waals surface area contributed by atoms with Crippen LogP contribution in [0, 0.1) is 24.6 Å². The molecule has 0 unspecified atom stereocenters. The molecule has 1 aromatic heterocycles. The van der Waals surface area contributed by atoms with Crippen molar-refractivity contribution in [1.82, 2.24) is 4.98 Å². The summed E-state index contributed by atoms with van der Waals surface area (Å²) in [4.78, 5) is 16.0. The highest BCUT2D eigenvalue weighted by Gasteiger charge is 2.10. The number of aromatic nitrogens is 1. The van der Waals surface area contributed by atoms with Crippen molar-refractivity contribution in [2.24, 2.45) is 0 Å². The van der Waals surface area contributed by atoms with Crippen LogP contribution in [0.5, 0.6) is 0 Å². The molecule has 2 N–H and O–H groups in total. The Hall–Kier alpha value is -2.71. The van der Waals surface area contributed by atoms with Gasteiger partial charge in [0.15, 0.2) is 0 Å². The second-order valence-corrected chi connectivity index (χ2v) is 4.29. The molecule has 2 aromatic rings. The van der Waals surface area contributed by atoms with Gasteiger partial charge in [0.2, 0.25) is 0 Å². The third-order valence-corrected chi connectivity index (χ3v) is 2.69. The molecule has 21 heavy (non-hydrogen) atoms. The zero-order valence-electron chi connectivity index (χ0n) is 11.4. The fourth-order valence-electron chi connectivity index (χ4n) is 1.72. The molecule has 1 heterocycles. The number of anilines is 1. The van der Waals surface area contributed by atoms with E-state index in [2.05, 4.69) is 22.1 Å². The van der Waals surface area contributed by atoms with E-state index in [9.17, 15) is 9.18 Å². The van der Waals surface area contributed by atoms with E-state index in [1.165, 1.54) is 18.3 Å². The van der Waals surface area contributed by atoms with Gasteiger partial charge in [0.1, 0.15) is 12.4 Å². The summed E-state index contributed by atoms with van der Waals surface area (Å²) in [7, 11) is 0. The SMILES string of the molecule is Cc1cc(C(=O)Nc2ccc(C#CCO)cc2F)ccn1. The number of hydrogen-bond donors (Lipinski definition) is 2. The lowest BCUT2D eigenvalue weighted by Crippen LogP contribution is -2.13. The van der Waals surface area contributed by atoms with E-state index in [0.717, 1.165) is 0 Å². The van der Waals surface area contributed by atoms with Gasteiger partial charge in [-0.3, -0.25) is 9.78 Å². The Morgan fingerprint density at radius 1 is 1.38 bits per heavy atom. The number of carbonyl (C=O) groups excluding carboxylic acids is 1. The lowest BCUT2D eigenvalue weighted by atomic mass is 10.1. The largest absolute Gasteiger partial charge is 0.384 e. The third kappa shape index (κ3) is 3.88. The first-order valence-electron chi connectivity index (χ1n) is 6.23. The number of halogens is 1. The third-order valence-electron chi connectivity index (χ3n) is 2.69. The number of nitrogens with one attached hydrogen (secondary N) is 1. The van der Waals surface area contributed by atoms with Crippen molar-refractivity contribution in [3.05, 3.63) is 59.2 Å². The van der Waals surface area contributed by atoms with E-state index >= 15 is 0 Å². The highest BCUT2D eigenvalue weighted by atomic mass is 19.1. The summed E-state index contributed by atoms with van der Waals surface area (Å²) in [6.07, 6.45) is 1.52. The second kappa shape index (κ2) is 6.64. The predicted octanol–water partition coefficient (Wildman–Crippen LogP) is 2.13. The van der Waals surface area contributed by atoms with Crippen LogP contribution in [-0.4, -0.2) is 22.6 Å². The first kappa shape index (κ1) is 14.7. The number of carbonyl (C=O) groups is 1. The number of aliphatic hydroxyl groups excluding tert-OH is 1. The van der Waals surface area contributed by atoms with E-state index in [1.807, 2.05) is 0 Å². The van der Waals surface area contributed by atoms with Crippen LogP contribution in [0.15, 0.2) is 36.5 Å². The normalized spacial score (nSPS) is 9.67. The summed E-state index contributed by atoms with van der Waals surface area (Å²) in [5.41, 5.74) is 1.62. The van der Waals surface area contributed by atoms with E-state index in [4.69, 9.17) is 5.11 Å². The standard InChI is InChI=1S/C16H13FN2O2/c1-11-9-13(6-7-18-11)16(21)19-15-5-4-12(3-2-8-20)10-14(15)17/h4-7,9-10,20H,8H2,1H3,(H,19,21). The molecule has 4 nitrogen and oxygen atoms in total. The molecular formula is C16H13FN2O2. The minimum atomic E-state index is -0.584. The fourth-order valence-corrected chi connectivity index (χ4v) is 1.72. The number of aryl methyl sites for hydroxylation is 1. The number of benzene rings is 1. The summed E-state index contributed by atoms with van der Waals surface area (Å²) in [6.45, 7) is 1.48. The van der Waals surface area contributed by atoms with Gasteiger partial charge in [-0.05, 0) is 37.3 Å². The lowest BCUT2D eigenvalue weighted by Gasteiger charge is -2.07. The molecule has 1 amide bonds. The molecule has 0 aliphatic carbocycles. The van der Waals surface area contributed by atoms with Gasteiger partial charge < -0.3 is 10.4 Å². The Morgan fingerprint density at radius 2 is 2.19 bits per heavy atom. The Bertz CT molecular complexity index is 733. The van der Waals surface area contributed by atoms with Gasteiger partial charge in [0.25, 0.3) is 5.91 Å². The molecule has 0 aliphatic heterocycles. The Labute approximate surface area is 121 Å². The molecule has 0 bridgehead atoms. The number of hydrogen-bond acceptors (Lipinski definition) is 3. The molecule has 1 aromatic carbocycles. The maximum atomic E-state index is 13.9. The average molecular weight is 284 g/mol. The maximum Gasteiger partial charge on any atom is 0.255 e. The summed E-state index contributed by atoms with van der Waals surface area (Å²) >= 11 is 0. The molecule has 0 saturated heterocycles. The predicted molar refractivity (Wildman–Crippen MR) is 77.3 cm³/mol. The van der Waals surface area contributed by atoms with Crippen molar-refractivity contribution >= 4 is 11.6 Å². The van der Waals surface area contributed by atoms with Crippen molar-refractivity contribution in [3.63, 3.8) is 0 Å². The zero-order valence-corrected chi connectivity index (χ0v) is 11.4. The van der Waals surface area contributed by atoms with Gasteiger partial charge in [0.05, 0.1) is 5.69 Å². The van der Waals surface area contributed by atoms with Crippen LogP contribution in [0.4, 0.5) is 10.1 Å². The van der Waals surface area contributed by atoms with Crippen molar-refractivity contribution in [3.8, 4) is 11.8 Å². The van der Waals surface area contributed by atoms with Gasteiger partial charge in [-0.15, -0.1) is 0 Å². The minimum Gasteiger partial charge on any atom is -0.384 e. The summed E-state index contributed by atoms with van der Waals surface area (Å²) in [6, 6.07) is 7.38. The van der Waals surface area contributed by atoms with Crippen LogP contribution in [0.2, 0.25) is 0 Å². The van der Waals surface area contributed by atoms with Crippen molar-refractivity contribution < 1.29 is 14.3 Å². The number of aliphatic hydroxyl groups is 1. The molecule has 2 rings (SSSR count). The highest BCUT2D eigenvalue weighted by Crippen LogP contribution is 2.16. The Kier molecular flexibility index (Phi) is 4.64. The molecule has 0 saturated carbocycles. The maximum absolute atomic E-state index is 13.9. The monoisotopic (exact) mass is 284 g/mol. The van der Waals surface area contributed by atoms with Crippen LogP contribution in [0.3, 0.4) is 0 Å². The molecule has 0 atom stereocenters. The highest BCUT2D eigenvalue weighted by molar-refractivity contribution is 6.04. The summed E-state index contributed by atoms with van der Waals surface area (Å²) in [5.74, 6) is 4.03. The van der Waals surface area contributed by atoms with Gasteiger partial charge >= 0.3 is 0 Å². The van der Waals surface area contributed by atoms with E-state index in [1.54, 1.807) is 25.1 Å². The van der Waals surface area contributed by atoms with Crippen molar-refractivity contribution in [2.45, 2.75) is 6.92 Å². The molecular weight excluding hydrogens is 271 g/mol. The Morgan fingerprint density at radius 3 is 2.86 bits per heavy atom. The number of pyridine rings is 1. The molecule has 0 radical (unpaired) electrons. The van der Waals surface area contributed by atoms with Crippen molar-refractivity contribution in [1.29, 1.82) is 0 Å². The first-order chi connectivity index (χ1) is 10.1. The molecule has 0 aliphatic rings. The summed E-state index contributed by atoms with van der Waals surface area (Å²) in [5, 5.41) is 11.1. The Balaban J connectivity index is 2.18. The number of amides is 1. The second-order valence-electron chi connectivity index (χ2n) is 4.29. The van der Waals surface area contributed by atoms with Crippen LogP contribution in [0.1, 0.15) is 21.6 Å². The number of rotatable bonds is 2. The quantitative estimate of drug-likeness (QED) is 0.830. The number of nitrogens with zero attached hydrogens (tertiary/aromatic N) is 1. The van der Waals surface area contributed by atoms with Gasteiger partial charge in [-0.2, -0.15) is 0 Å². The molecule has 0 spiro atoms. The zero-order chi connectivity index (χ0) is 15.2. The van der Waals surface area contributed by atoms with Gasteiger partial charge in [-0.1, -0.05) is 11.8 Å². The van der Waals surface area contributed by atoms with Crippen molar-refractivity contribution in [2.75, 3.05) is 11.9 Å². The van der Waals surface area contributed by atoms with E-state index in [-0.39, 0.29) is 12.3 Å². The fraction of sp³-hybridized carbons (Fsp3) is 0.125. The molecule has 0 fully saturated rings. The molecule has 5 heteroatoms. The van der Waals surface area contributed by atoms with Gasteiger partial charge in [0, 0.05) is 23.0 Å². The van der Waals surface area contributed by atoms with Gasteiger partial charge in [-0.25, -0.2) is 4.39 Å². The smallest absolute Gasteiger partial charge is 0.255 e. The van der Waals surface area contributed by atoms with Crippen LogP contribution >= 0.6 is 0 Å². The average Bonchev–Trinajstić information content (AvgIpc) is 2.47. The van der Waals surface area contributed by atoms with Crippen LogP contribution < -0.4 is 5.32 Å². The topological polar surface area (TPSA) is 62.2 Å². The summed E-state index contributed by atoms with van der Waals surface area (Å²) < 4.78 is 13.9. The lowest BCUT2D eigenvalue weighted by molar-refractivity contribution is 0.102. The minimum absolute atomic E-state index is 0.0732. The first-order valence-corrected chi connectivity index (χ1v) is 6.23.